The summed E-state index contributed by atoms with van der Waals surface area (Å²) in [5.41, 5.74) is 1.57. The van der Waals surface area contributed by atoms with Crippen LogP contribution in [-0.2, 0) is 17.1 Å². The molecule has 0 unspecified atom stereocenters. The molecule has 0 N–H and O–H groups in total. The van der Waals surface area contributed by atoms with Gasteiger partial charge < -0.3 is 9.32 Å². The molecule has 1 aromatic carbocycles. The third-order valence-electron chi connectivity index (χ3n) is 3.54. The molecule has 0 radical (unpaired) electrons. The Morgan fingerprint density at radius 3 is 2.64 bits per heavy atom. The Kier molecular flexibility index (Phi) is 5.85. The van der Waals surface area contributed by atoms with E-state index in [4.69, 9.17) is 4.42 Å². The van der Waals surface area contributed by atoms with Crippen molar-refractivity contribution in [3.05, 3.63) is 84.3 Å². The van der Waals surface area contributed by atoms with Crippen LogP contribution in [0.2, 0.25) is 0 Å². The first-order chi connectivity index (χ1) is 12.2. The zero-order valence-corrected chi connectivity index (χ0v) is 14.3. The number of nitrogens with zero attached hydrogens (tertiary/aromatic N) is 2. The Balaban J connectivity index is 1.67. The summed E-state index contributed by atoms with van der Waals surface area (Å²) in [6, 6.07) is 15.2. The number of hydrogen-bond donors (Lipinski definition) is 0. The number of benzene rings is 1. The smallest absolute Gasteiger partial charge is 0.237 e. The highest BCUT2D eigenvalue weighted by Crippen LogP contribution is 2.20. The van der Waals surface area contributed by atoms with Gasteiger partial charge in [-0.05, 0) is 48.5 Å². The van der Waals surface area contributed by atoms with Crippen molar-refractivity contribution in [3.63, 3.8) is 0 Å². The summed E-state index contributed by atoms with van der Waals surface area (Å²) in [6.45, 7) is 0.307. The quantitative estimate of drug-likeness (QED) is 0.634. The lowest BCUT2D eigenvalue weighted by Crippen LogP contribution is -2.31. The standard InChI is InChI=1S/C19H17FN2O2S/c20-15-6-8-17(9-7-15)22(12-18-5-3-11-24-18)19(23)14-25-13-16-4-1-2-10-21-16/h1-11H,12-14H2. The highest BCUT2D eigenvalue weighted by Gasteiger charge is 2.17. The van der Waals surface area contributed by atoms with Crippen molar-refractivity contribution in [1.29, 1.82) is 0 Å². The number of pyridine rings is 1. The molecule has 3 rings (SSSR count). The summed E-state index contributed by atoms with van der Waals surface area (Å²) in [7, 11) is 0. The molecule has 0 bridgehead atoms. The second-order valence-corrected chi connectivity index (χ2v) is 6.34. The van der Waals surface area contributed by atoms with Gasteiger partial charge >= 0.3 is 0 Å². The minimum atomic E-state index is -0.335. The largest absolute Gasteiger partial charge is 0.467 e. The van der Waals surface area contributed by atoms with E-state index in [0.29, 0.717) is 29.5 Å². The van der Waals surface area contributed by atoms with E-state index in [0.717, 1.165) is 5.69 Å². The van der Waals surface area contributed by atoms with Crippen LogP contribution in [0.4, 0.5) is 10.1 Å². The first-order valence-corrected chi connectivity index (χ1v) is 8.94. The molecule has 2 aromatic heterocycles. The van der Waals surface area contributed by atoms with Gasteiger partial charge in [0.05, 0.1) is 24.3 Å². The fraction of sp³-hybridized carbons (Fsp3) is 0.158. The Bertz CT molecular complexity index is 792. The highest BCUT2D eigenvalue weighted by atomic mass is 32.2. The van der Waals surface area contributed by atoms with E-state index in [-0.39, 0.29) is 11.7 Å². The van der Waals surface area contributed by atoms with Crippen LogP contribution in [-0.4, -0.2) is 16.6 Å². The van der Waals surface area contributed by atoms with Crippen LogP contribution in [0.1, 0.15) is 11.5 Å². The molecule has 2 heterocycles. The third-order valence-corrected chi connectivity index (χ3v) is 4.49. The predicted molar refractivity (Wildman–Crippen MR) is 96.7 cm³/mol. The van der Waals surface area contributed by atoms with Gasteiger partial charge in [-0.1, -0.05) is 6.07 Å². The van der Waals surface area contributed by atoms with Crippen molar-refractivity contribution < 1.29 is 13.6 Å². The van der Waals surface area contributed by atoms with Crippen LogP contribution in [0.25, 0.3) is 0 Å². The molecular weight excluding hydrogens is 339 g/mol. The number of rotatable bonds is 7. The van der Waals surface area contributed by atoms with Gasteiger partial charge in [0.15, 0.2) is 0 Å². The Morgan fingerprint density at radius 1 is 1.12 bits per heavy atom. The van der Waals surface area contributed by atoms with Gasteiger partial charge in [-0.25, -0.2) is 4.39 Å². The van der Waals surface area contributed by atoms with Crippen molar-refractivity contribution in [1.82, 2.24) is 4.98 Å². The van der Waals surface area contributed by atoms with Crippen LogP contribution in [0.3, 0.4) is 0 Å². The van der Waals surface area contributed by atoms with Crippen molar-refractivity contribution in [2.24, 2.45) is 0 Å². The van der Waals surface area contributed by atoms with Crippen molar-refractivity contribution in [2.75, 3.05) is 10.7 Å². The Morgan fingerprint density at radius 2 is 1.96 bits per heavy atom. The van der Waals surface area contributed by atoms with Crippen LogP contribution >= 0.6 is 11.8 Å². The fourth-order valence-corrected chi connectivity index (χ4v) is 3.12. The molecule has 3 aromatic rings. The van der Waals surface area contributed by atoms with Crippen molar-refractivity contribution >= 4 is 23.4 Å². The third kappa shape index (κ3) is 4.93. The molecule has 0 atom stereocenters. The van der Waals surface area contributed by atoms with E-state index in [9.17, 15) is 9.18 Å². The van der Waals surface area contributed by atoms with Gasteiger partial charge in [-0.15, -0.1) is 11.8 Å². The van der Waals surface area contributed by atoms with Crippen molar-refractivity contribution in [3.8, 4) is 0 Å². The first-order valence-electron chi connectivity index (χ1n) is 7.78. The molecule has 0 aliphatic heterocycles. The lowest BCUT2D eigenvalue weighted by molar-refractivity contribution is -0.116. The maximum atomic E-state index is 13.2. The lowest BCUT2D eigenvalue weighted by Gasteiger charge is -2.21. The number of carbonyl (C=O) groups excluding carboxylic acids is 1. The number of aromatic nitrogens is 1. The molecule has 1 amide bonds. The van der Waals surface area contributed by atoms with E-state index >= 15 is 0 Å². The molecule has 0 fully saturated rings. The summed E-state index contributed by atoms with van der Waals surface area (Å²) in [4.78, 5) is 18.5. The molecule has 4 nitrogen and oxygen atoms in total. The second-order valence-electron chi connectivity index (χ2n) is 5.35. The summed E-state index contributed by atoms with van der Waals surface area (Å²) in [6.07, 6.45) is 3.30. The summed E-state index contributed by atoms with van der Waals surface area (Å²) in [5, 5.41) is 0. The molecule has 128 valence electrons. The van der Waals surface area contributed by atoms with E-state index in [1.807, 2.05) is 24.3 Å². The number of halogens is 1. The maximum Gasteiger partial charge on any atom is 0.237 e. The number of carbonyl (C=O) groups is 1. The van der Waals surface area contributed by atoms with E-state index in [1.165, 1.54) is 23.9 Å². The molecule has 0 aliphatic rings. The average molecular weight is 356 g/mol. The molecule has 0 aliphatic carbocycles. The molecule has 0 saturated heterocycles. The maximum absolute atomic E-state index is 13.2. The SMILES string of the molecule is O=C(CSCc1ccccn1)N(Cc1ccco1)c1ccc(F)cc1. The van der Waals surface area contributed by atoms with Crippen LogP contribution in [0.15, 0.2) is 71.5 Å². The summed E-state index contributed by atoms with van der Waals surface area (Å²) >= 11 is 1.49. The normalized spacial score (nSPS) is 10.6. The zero-order chi connectivity index (χ0) is 17.5. The van der Waals surface area contributed by atoms with Crippen LogP contribution < -0.4 is 4.90 Å². The average Bonchev–Trinajstić information content (AvgIpc) is 3.15. The van der Waals surface area contributed by atoms with Crippen LogP contribution in [0, 0.1) is 5.82 Å². The fourth-order valence-electron chi connectivity index (χ4n) is 2.31. The van der Waals surface area contributed by atoms with Gasteiger partial charge in [0, 0.05) is 17.6 Å². The topological polar surface area (TPSA) is 46.3 Å². The van der Waals surface area contributed by atoms with Crippen molar-refractivity contribution in [2.45, 2.75) is 12.3 Å². The molecule has 25 heavy (non-hydrogen) atoms. The number of hydrogen-bond acceptors (Lipinski definition) is 4. The minimum Gasteiger partial charge on any atom is -0.467 e. The van der Waals surface area contributed by atoms with E-state index < -0.39 is 0 Å². The molecular formula is C19H17FN2O2S. The minimum absolute atomic E-state index is 0.0658. The van der Waals surface area contributed by atoms with Gasteiger partial charge in [0.25, 0.3) is 0 Å². The van der Waals surface area contributed by atoms with E-state index in [1.54, 1.807) is 35.6 Å². The summed E-state index contributed by atoms with van der Waals surface area (Å²) < 4.78 is 18.5. The van der Waals surface area contributed by atoms with Gasteiger partial charge in [-0.2, -0.15) is 0 Å². The Hall–Kier alpha value is -2.60. The van der Waals surface area contributed by atoms with Gasteiger partial charge in [0.1, 0.15) is 11.6 Å². The lowest BCUT2D eigenvalue weighted by atomic mass is 10.2. The number of furan rings is 1. The van der Waals surface area contributed by atoms with Crippen LogP contribution in [0.5, 0.6) is 0 Å². The molecule has 0 saturated carbocycles. The molecule has 0 spiro atoms. The number of anilines is 1. The zero-order valence-electron chi connectivity index (χ0n) is 13.5. The predicted octanol–water partition coefficient (Wildman–Crippen LogP) is 4.28. The monoisotopic (exact) mass is 356 g/mol. The van der Waals surface area contributed by atoms with Gasteiger partial charge in [-0.3, -0.25) is 9.78 Å². The number of thioether (sulfide) groups is 1. The van der Waals surface area contributed by atoms with Gasteiger partial charge in [0.2, 0.25) is 5.91 Å². The summed E-state index contributed by atoms with van der Waals surface area (Å²) in [5.74, 6) is 1.23. The number of amides is 1. The second kappa shape index (κ2) is 8.48. The molecule has 6 heteroatoms. The Labute approximate surface area is 149 Å². The van der Waals surface area contributed by atoms with E-state index in [2.05, 4.69) is 4.98 Å². The highest BCUT2D eigenvalue weighted by molar-refractivity contribution is 7.99. The first kappa shape index (κ1) is 17.2.